The third-order valence-electron chi connectivity index (χ3n) is 0.537. The zero-order valence-corrected chi connectivity index (χ0v) is 3.89. The van der Waals surface area contributed by atoms with Crippen LogP contribution in [0, 0.1) is 12.3 Å². The van der Waals surface area contributed by atoms with Crippen molar-refractivity contribution >= 4 is 0 Å². The average Bonchev–Trinajstić information content (AvgIpc) is 1.68. The zero-order chi connectivity index (χ0) is 5.70. The molecular formula is C5H7FO. The molecule has 1 atom stereocenters. The summed E-state index contributed by atoms with van der Waals surface area (Å²) in [5.41, 5.74) is 0. The van der Waals surface area contributed by atoms with Crippen LogP contribution in [0.25, 0.3) is 0 Å². The Hall–Kier alpha value is -0.550. The van der Waals surface area contributed by atoms with Crippen LogP contribution in [0.2, 0.25) is 0 Å². The van der Waals surface area contributed by atoms with Crippen LogP contribution in [-0.2, 0) is 0 Å². The molecule has 0 radical (unpaired) electrons. The number of halogens is 1. The molecule has 0 amide bonds. The fourth-order valence-electron chi connectivity index (χ4n) is 0.192. The molecule has 0 unspecified atom stereocenters. The molecule has 0 saturated heterocycles. The lowest BCUT2D eigenvalue weighted by Gasteiger charge is -1.93. The molecule has 0 aromatic heterocycles. The Morgan fingerprint density at radius 2 is 2.43 bits per heavy atom. The van der Waals surface area contributed by atoms with Crippen molar-refractivity contribution in [2.24, 2.45) is 0 Å². The normalized spacial score (nSPS) is 12.7. The summed E-state index contributed by atoms with van der Waals surface area (Å²) in [4.78, 5) is 0. The summed E-state index contributed by atoms with van der Waals surface area (Å²) in [5, 5.41) is 8.00. The van der Waals surface area contributed by atoms with Crippen LogP contribution in [0.15, 0.2) is 0 Å². The van der Waals surface area contributed by atoms with Crippen LogP contribution in [0.1, 0.15) is 6.42 Å². The Bertz CT molecular complexity index is 74.6. The average molecular weight is 102 g/mol. The van der Waals surface area contributed by atoms with Gasteiger partial charge in [0.25, 0.3) is 0 Å². The molecule has 0 aromatic carbocycles. The van der Waals surface area contributed by atoms with Crippen molar-refractivity contribution in [2.75, 3.05) is 6.61 Å². The predicted octanol–water partition coefficient (Wildman–Crippen LogP) is 0.340. The fraction of sp³-hybridized carbons (Fsp3) is 0.600. The fourth-order valence-corrected chi connectivity index (χ4v) is 0.192. The van der Waals surface area contributed by atoms with Gasteiger partial charge < -0.3 is 5.11 Å². The molecule has 0 fully saturated rings. The number of terminal acetylenes is 1. The SMILES string of the molecule is C#CC[C@@H](F)CO. The summed E-state index contributed by atoms with van der Waals surface area (Å²) in [5.74, 6) is 2.08. The van der Waals surface area contributed by atoms with E-state index in [1.807, 2.05) is 0 Å². The van der Waals surface area contributed by atoms with Gasteiger partial charge in [-0.25, -0.2) is 4.39 Å². The highest BCUT2D eigenvalue weighted by molar-refractivity contribution is 4.86. The number of hydrogen-bond donors (Lipinski definition) is 1. The van der Waals surface area contributed by atoms with Crippen LogP contribution in [0.3, 0.4) is 0 Å². The lowest BCUT2D eigenvalue weighted by molar-refractivity contribution is 0.181. The summed E-state index contributed by atoms with van der Waals surface area (Å²) in [6.07, 6.45) is 3.48. The van der Waals surface area contributed by atoms with E-state index in [-0.39, 0.29) is 6.42 Å². The van der Waals surface area contributed by atoms with Crippen molar-refractivity contribution in [3.8, 4) is 12.3 Å². The van der Waals surface area contributed by atoms with Gasteiger partial charge in [0.05, 0.1) is 6.61 Å². The Morgan fingerprint density at radius 3 is 2.57 bits per heavy atom. The van der Waals surface area contributed by atoms with Gasteiger partial charge in [-0.1, -0.05) is 0 Å². The van der Waals surface area contributed by atoms with E-state index in [0.29, 0.717) is 0 Å². The van der Waals surface area contributed by atoms with Crippen LogP contribution >= 0.6 is 0 Å². The zero-order valence-electron chi connectivity index (χ0n) is 3.89. The van der Waals surface area contributed by atoms with Gasteiger partial charge in [-0.05, 0) is 0 Å². The number of hydrogen-bond acceptors (Lipinski definition) is 1. The highest BCUT2D eigenvalue weighted by Gasteiger charge is 1.98. The van der Waals surface area contributed by atoms with Crippen molar-refractivity contribution in [1.82, 2.24) is 0 Å². The van der Waals surface area contributed by atoms with Crippen molar-refractivity contribution < 1.29 is 9.50 Å². The van der Waals surface area contributed by atoms with E-state index < -0.39 is 12.8 Å². The molecule has 0 aliphatic heterocycles. The number of alkyl halides is 1. The minimum Gasteiger partial charge on any atom is -0.393 e. The molecule has 0 rings (SSSR count). The minimum absolute atomic E-state index is 0.0104. The summed E-state index contributed by atoms with van der Waals surface area (Å²) in [7, 11) is 0. The highest BCUT2D eigenvalue weighted by Crippen LogP contribution is 1.91. The third-order valence-corrected chi connectivity index (χ3v) is 0.537. The first-order valence-electron chi connectivity index (χ1n) is 1.99. The Balaban J connectivity index is 3.03. The maximum Gasteiger partial charge on any atom is 0.134 e. The number of rotatable bonds is 2. The van der Waals surface area contributed by atoms with Crippen LogP contribution in [-0.4, -0.2) is 17.9 Å². The Morgan fingerprint density at radius 1 is 1.86 bits per heavy atom. The largest absolute Gasteiger partial charge is 0.393 e. The van der Waals surface area contributed by atoms with Gasteiger partial charge in [0.15, 0.2) is 0 Å². The summed E-state index contributed by atoms with van der Waals surface area (Å²) < 4.78 is 11.7. The molecule has 1 nitrogen and oxygen atoms in total. The smallest absolute Gasteiger partial charge is 0.134 e. The molecule has 2 heteroatoms. The molecular weight excluding hydrogens is 95.1 g/mol. The van der Waals surface area contributed by atoms with E-state index in [2.05, 4.69) is 5.92 Å². The molecule has 7 heavy (non-hydrogen) atoms. The lowest BCUT2D eigenvalue weighted by Crippen LogP contribution is -2.03. The Kier molecular flexibility index (Phi) is 3.35. The standard InChI is InChI=1S/C5H7FO/c1-2-3-5(6)4-7/h1,5,7H,3-4H2/t5-/m1/s1. The van der Waals surface area contributed by atoms with Crippen LogP contribution < -0.4 is 0 Å². The first-order valence-corrected chi connectivity index (χ1v) is 1.99. The van der Waals surface area contributed by atoms with Crippen LogP contribution in [0.5, 0.6) is 0 Å². The maximum absolute atomic E-state index is 11.7. The number of aliphatic hydroxyl groups is 1. The van der Waals surface area contributed by atoms with E-state index in [0.717, 1.165) is 0 Å². The molecule has 0 aliphatic carbocycles. The van der Waals surface area contributed by atoms with Crippen molar-refractivity contribution in [1.29, 1.82) is 0 Å². The summed E-state index contributed by atoms with van der Waals surface area (Å²) >= 11 is 0. The van der Waals surface area contributed by atoms with Crippen molar-refractivity contribution in [3.63, 3.8) is 0 Å². The van der Waals surface area contributed by atoms with Gasteiger partial charge in [0.2, 0.25) is 0 Å². The quantitative estimate of drug-likeness (QED) is 0.498. The van der Waals surface area contributed by atoms with Gasteiger partial charge >= 0.3 is 0 Å². The Labute approximate surface area is 42.2 Å². The monoisotopic (exact) mass is 102 g/mol. The first kappa shape index (κ1) is 6.45. The van der Waals surface area contributed by atoms with E-state index in [9.17, 15) is 4.39 Å². The molecule has 0 heterocycles. The van der Waals surface area contributed by atoms with Gasteiger partial charge in [0.1, 0.15) is 6.17 Å². The molecule has 0 spiro atoms. The van der Waals surface area contributed by atoms with Crippen molar-refractivity contribution in [3.05, 3.63) is 0 Å². The van der Waals surface area contributed by atoms with Gasteiger partial charge in [-0.3, -0.25) is 0 Å². The van der Waals surface area contributed by atoms with Gasteiger partial charge in [0, 0.05) is 6.42 Å². The van der Waals surface area contributed by atoms with Gasteiger partial charge in [-0.2, -0.15) is 0 Å². The maximum atomic E-state index is 11.7. The minimum atomic E-state index is -1.23. The molecule has 0 saturated carbocycles. The predicted molar refractivity (Wildman–Crippen MR) is 25.4 cm³/mol. The molecule has 40 valence electrons. The third kappa shape index (κ3) is 3.28. The van der Waals surface area contributed by atoms with Crippen molar-refractivity contribution in [2.45, 2.75) is 12.6 Å². The highest BCUT2D eigenvalue weighted by atomic mass is 19.1. The number of aliphatic hydroxyl groups excluding tert-OH is 1. The van der Waals surface area contributed by atoms with E-state index in [4.69, 9.17) is 11.5 Å². The van der Waals surface area contributed by atoms with Gasteiger partial charge in [-0.15, -0.1) is 12.3 Å². The second-order valence-electron chi connectivity index (χ2n) is 1.19. The molecule has 1 N–H and O–H groups in total. The van der Waals surface area contributed by atoms with E-state index >= 15 is 0 Å². The molecule has 0 aromatic rings. The second kappa shape index (κ2) is 3.63. The molecule has 0 aliphatic rings. The summed E-state index contributed by atoms with van der Waals surface area (Å²) in [6, 6.07) is 0. The lowest BCUT2D eigenvalue weighted by atomic mass is 10.3. The second-order valence-corrected chi connectivity index (χ2v) is 1.19. The van der Waals surface area contributed by atoms with E-state index in [1.165, 1.54) is 0 Å². The summed E-state index contributed by atoms with van der Waals surface area (Å²) in [6.45, 7) is -0.468. The van der Waals surface area contributed by atoms with Crippen LogP contribution in [0.4, 0.5) is 4.39 Å². The molecule has 0 bridgehead atoms. The topological polar surface area (TPSA) is 20.2 Å². The first-order chi connectivity index (χ1) is 3.31. The van der Waals surface area contributed by atoms with E-state index in [1.54, 1.807) is 0 Å².